The molecule has 1 N–H and O–H groups in total. The average molecular weight is 272 g/mol. The Balaban J connectivity index is 2.71. The Kier molecular flexibility index (Phi) is 4.76. The van der Waals surface area contributed by atoms with E-state index in [1.807, 2.05) is 20.8 Å². The van der Waals surface area contributed by atoms with Crippen LogP contribution in [0.3, 0.4) is 0 Å². The Morgan fingerprint density at radius 1 is 1.11 bits per heavy atom. The fourth-order valence-corrected chi connectivity index (χ4v) is 2.38. The third-order valence-electron chi connectivity index (χ3n) is 3.08. The molecular formula is C13H20O4S. The van der Waals surface area contributed by atoms with Gasteiger partial charge < -0.3 is 4.74 Å². The molecule has 1 aromatic rings. The van der Waals surface area contributed by atoms with Gasteiger partial charge in [0.25, 0.3) is 10.1 Å². The van der Waals surface area contributed by atoms with E-state index in [2.05, 4.69) is 13.0 Å². The smallest absolute Gasteiger partial charge is 0.264 e. The summed E-state index contributed by atoms with van der Waals surface area (Å²) in [4.78, 5) is 0. The number of rotatable bonds is 5. The molecule has 0 fully saturated rings. The van der Waals surface area contributed by atoms with E-state index < -0.39 is 10.1 Å². The Hall–Kier alpha value is -1.07. The fourth-order valence-electron chi connectivity index (χ4n) is 1.90. The first-order valence-corrected chi connectivity index (χ1v) is 7.48. The lowest BCUT2D eigenvalue weighted by molar-refractivity contribution is 0.311. The zero-order valence-electron chi connectivity index (χ0n) is 11.3. The Labute approximate surface area is 109 Å². The summed E-state index contributed by atoms with van der Waals surface area (Å²) in [5.74, 6) is 0.545. The molecule has 0 aromatic heterocycles. The molecule has 0 saturated heterocycles. The average Bonchev–Trinajstić information content (AvgIpc) is 2.23. The van der Waals surface area contributed by atoms with Crippen molar-refractivity contribution in [2.24, 2.45) is 0 Å². The van der Waals surface area contributed by atoms with Gasteiger partial charge >= 0.3 is 0 Å². The largest absolute Gasteiger partial charge is 0.493 e. The minimum Gasteiger partial charge on any atom is -0.493 e. The lowest BCUT2D eigenvalue weighted by atomic mass is 10.00. The van der Waals surface area contributed by atoms with E-state index in [0.29, 0.717) is 0 Å². The van der Waals surface area contributed by atoms with E-state index in [9.17, 15) is 8.42 Å². The Morgan fingerprint density at radius 2 is 1.72 bits per heavy atom. The molecule has 0 aliphatic carbocycles. The monoisotopic (exact) mass is 272 g/mol. The first-order valence-electron chi connectivity index (χ1n) is 5.87. The quantitative estimate of drug-likeness (QED) is 0.661. The molecule has 0 saturated carbocycles. The van der Waals surface area contributed by atoms with E-state index in [4.69, 9.17) is 9.29 Å². The predicted molar refractivity (Wildman–Crippen MR) is 71.9 cm³/mol. The molecular weight excluding hydrogens is 252 g/mol. The van der Waals surface area contributed by atoms with Gasteiger partial charge in [-0.05, 0) is 56.4 Å². The van der Waals surface area contributed by atoms with Crippen LogP contribution >= 0.6 is 0 Å². The van der Waals surface area contributed by atoms with Crippen molar-refractivity contribution in [2.45, 2.75) is 34.1 Å². The summed E-state index contributed by atoms with van der Waals surface area (Å²) in [7, 11) is -3.89. The van der Waals surface area contributed by atoms with Crippen LogP contribution in [0.5, 0.6) is 5.75 Å². The van der Waals surface area contributed by atoms with Gasteiger partial charge in [0.2, 0.25) is 0 Å². The third kappa shape index (κ3) is 3.99. The summed E-state index contributed by atoms with van der Waals surface area (Å²) in [6.45, 7) is 8.33. The molecule has 1 rings (SSSR count). The molecule has 102 valence electrons. The van der Waals surface area contributed by atoms with Crippen LogP contribution in [0.4, 0.5) is 0 Å². The van der Waals surface area contributed by atoms with E-state index >= 15 is 0 Å². The highest BCUT2D eigenvalue weighted by molar-refractivity contribution is 7.85. The molecule has 5 heteroatoms. The van der Waals surface area contributed by atoms with Crippen molar-refractivity contribution in [2.75, 3.05) is 12.4 Å². The minimum absolute atomic E-state index is 0.268. The van der Waals surface area contributed by atoms with E-state index in [0.717, 1.165) is 16.9 Å². The van der Waals surface area contributed by atoms with Crippen molar-refractivity contribution >= 4 is 10.1 Å². The standard InChI is InChI=1S/C13H20O4S/c1-9-8-10(2)13(12(4)11(9)3)17-6-5-7-18(14,15)16/h8H,5-7H2,1-4H3,(H,14,15,16). The van der Waals surface area contributed by atoms with Crippen molar-refractivity contribution in [1.29, 1.82) is 0 Å². The highest BCUT2D eigenvalue weighted by Crippen LogP contribution is 2.28. The van der Waals surface area contributed by atoms with Gasteiger partial charge in [-0.2, -0.15) is 8.42 Å². The van der Waals surface area contributed by atoms with Gasteiger partial charge in [0, 0.05) is 0 Å². The topological polar surface area (TPSA) is 63.6 Å². The molecule has 0 spiro atoms. The van der Waals surface area contributed by atoms with Crippen molar-refractivity contribution in [1.82, 2.24) is 0 Å². The first kappa shape index (κ1) is 15.0. The molecule has 0 unspecified atom stereocenters. The van der Waals surface area contributed by atoms with E-state index in [-0.39, 0.29) is 18.8 Å². The SMILES string of the molecule is Cc1cc(C)c(OCCCS(=O)(=O)O)c(C)c1C. The molecule has 18 heavy (non-hydrogen) atoms. The summed E-state index contributed by atoms with van der Waals surface area (Å²) in [6, 6.07) is 2.06. The highest BCUT2D eigenvalue weighted by atomic mass is 32.2. The fraction of sp³-hybridized carbons (Fsp3) is 0.538. The van der Waals surface area contributed by atoms with Gasteiger partial charge in [0.1, 0.15) is 5.75 Å². The zero-order chi connectivity index (χ0) is 13.9. The molecule has 0 bridgehead atoms. The second-order valence-corrected chi connectivity index (χ2v) is 6.15. The van der Waals surface area contributed by atoms with Gasteiger partial charge in [0.15, 0.2) is 0 Å². The summed E-state index contributed by atoms with van der Waals surface area (Å²) in [6.07, 6.45) is 0.282. The van der Waals surface area contributed by atoms with Crippen LogP contribution in [-0.4, -0.2) is 25.3 Å². The van der Waals surface area contributed by atoms with Gasteiger partial charge in [-0.1, -0.05) is 6.07 Å². The highest BCUT2D eigenvalue weighted by Gasteiger charge is 2.10. The van der Waals surface area contributed by atoms with Crippen LogP contribution in [0.15, 0.2) is 6.07 Å². The first-order chi connectivity index (χ1) is 8.22. The lowest BCUT2D eigenvalue weighted by Gasteiger charge is -2.15. The number of hydrogen-bond acceptors (Lipinski definition) is 3. The summed E-state index contributed by atoms with van der Waals surface area (Å²) in [5.41, 5.74) is 4.53. The van der Waals surface area contributed by atoms with Crippen LogP contribution < -0.4 is 4.74 Å². The molecule has 0 heterocycles. The molecule has 0 atom stereocenters. The lowest BCUT2D eigenvalue weighted by Crippen LogP contribution is -2.09. The van der Waals surface area contributed by atoms with Gasteiger partial charge in [0.05, 0.1) is 12.4 Å². The number of hydrogen-bond donors (Lipinski definition) is 1. The zero-order valence-corrected chi connectivity index (χ0v) is 12.1. The summed E-state index contributed by atoms with van der Waals surface area (Å²) in [5, 5.41) is 0. The summed E-state index contributed by atoms with van der Waals surface area (Å²) < 4.78 is 35.4. The van der Waals surface area contributed by atoms with Crippen molar-refractivity contribution in [3.8, 4) is 5.75 Å². The molecule has 0 aliphatic rings. The maximum atomic E-state index is 10.6. The minimum atomic E-state index is -3.89. The normalized spacial score (nSPS) is 11.6. The molecule has 1 aromatic carbocycles. The number of aryl methyl sites for hydroxylation is 2. The molecule has 0 aliphatic heterocycles. The maximum Gasteiger partial charge on any atom is 0.264 e. The van der Waals surface area contributed by atoms with Gasteiger partial charge in [-0.3, -0.25) is 4.55 Å². The molecule has 0 amide bonds. The Bertz CT molecular complexity index is 532. The summed E-state index contributed by atoms with van der Waals surface area (Å²) >= 11 is 0. The van der Waals surface area contributed by atoms with E-state index in [1.165, 1.54) is 11.1 Å². The third-order valence-corrected chi connectivity index (χ3v) is 3.88. The van der Waals surface area contributed by atoms with Crippen molar-refractivity contribution < 1.29 is 17.7 Å². The van der Waals surface area contributed by atoms with Crippen LogP contribution in [0.25, 0.3) is 0 Å². The van der Waals surface area contributed by atoms with Crippen LogP contribution in [0.2, 0.25) is 0 Å². The van der Waals surface area contributed by atoms with Gasteiger partial charge in [-0.15, -0.1) is 0 Å². The maximum absolute atomic E-state index is 10.6. The second-order valence-electron chi connectivity index (χ2n) is 4.58. The second kappa shape index (κ2) is 5.71. The molecule has 4 nitrogen and oxygen atoms in total. The van der Waals surface area contributed by atoms with Crippen molar-refractivity contribution in [3.63, 3.8) is 0 Å². The van der Waals surface area contributed by atoms with Crippen LogP contribution in [0, 0.1) is 27.7 Å². The predicted octanol–water partition coefficient (Wildman–Crippen LogP) is 2.58. The van der Waals surface area contributed by atoms with Crippen LogP contribution in [0.1, 0.15) is 28.7 Å². The van der Waals surface area contributed by atoms with E-state index in [1.54, 1.807) is 0 Å². The molecule has 0 radical (unpaired) electrons. The number of benzene rings is 1. The van der Waals surface area contributed by atoms with Gasteiger partial charge in [-0.25, -0.2) is 0 Å². The van der Waals surface area contributed by atoms with Crippen LogP contribution in [-0.2, 0) is 10.1 Å². The Morgan fingerprint density at radius 3 is 2.28 bits per heavy atom. The number of ether oxygens (including phenoxy) is 1. The van der Waals surface area contributed by atoms with Crippen molar-refractivity contribution in [3.05, 3.63) is 28.3 Å².